The van der Waals surface area contributed by atoms with E-state index < -0.39 is 0 Å². The minimum absolute atomic E-state index is 0.267. The van der Waals surface area contributed by atoms with Gasteiger partial charge in [-0.15, -0.1) is 0 Å². The molecule has 0 saturated heterocycles. The van der Waals surface area contributed by atoms with E-state index in [2.05, 4.69) is 0 Å². The molecule has 0 bridgehead atoms. The van der Waals surface area contributed by atoms with Crippen LogP contribution in [0, 0.1) is 5.82 Å². The summed E-state index contributed by atoms with van der Waals surface area (Å²) in [6.07, 6.45) is 0. The van der Waals surface area contributed by atoms with Gasteiger partial charge in [-0.2, -0.15) is 0 Å². The Labute approximate surface area is 72.3 Å². The Bertz CT molecular complexity index is 316. The maximum absolute atomic E-state index is 13.1. The molecule has 0 aliphatic heterocycles. The average molecular weight is 163 g/mol. The predicted molar refractivity (Wildman–Crippen MR) is 52.6 cm³/mol. The fraction of sp³-hybridized carbons (Fsp3) is 0.222. The number of nitrogens with two attached hydrogens (primary N) is 1. The molecule has 0 radical (unpaired) electrons. The van der Waals surface area contributed by atoms with E-state index in [0.717, 1.165) is 5.46 Å². The van der Waals surface area contributed by atoms with E-state index in [1.807, 2.05) is 13.8 Å². The first kappa shape index (κ1) is 8.98. The SMILES string of the molecule is CC(C)=Bc1ccc(N)cc1F. The molecule has 0 atom stereocenters. The summed E-state index contributed by atoms with van der Waals surface area (Å²) >= 11 is 0. The Morgan fingerprint density at radius 2 is 2.08 bits per heavy atom. The summed E-state index contributed by atoms with van der Waals surface area (Å²) in [6.45, 7) is 5.64. The second-order valence-corrected chi connectivity index (χ2v) is 3.00. The molecule has 0 spiro atoms. The van der Waals surface area contributed by atoms with Gasteiger partial charge in [0.1, 0.15) is 0 Å². The van der Waals surface area contributed by atoms with E-state index in [1.54, 1.807) is 19.1 Å². The third-order valence-corrected chi connectivity index (χ3v) is 1.47. The number of hydrogen-bond acceptors (Lipinski definition) is 1. The van der Waals surface area contributed by atoms with E-state index in [1.165, 1.54) is 6.07 Å². The van der Waals surface area contributed by atoms with Gasteiger partial charge in [0.2, 0.25) is 0 Å². The molecule has 0 saturated carbocycles. The van der Waals surface area contributed by atoms with Crippen molar-refractivity contribution >= 4 is 23.5 Å². The summed E-state index contributed by atoms with van der Waals surface area (Å²) in [7, 11) is 0. The van der Waals surface area contributed by atoms with Gasteiger partial charge in [-0.05, 0) is 0 Å². The first-order valence-electron chi connectivity index (χ1n) is 3.79. The maximum atomic E-state index is 13.1. The number of anilines is 1. The number of hydrogen-bond donors (Lipinski definition) is 1. The molecule has 12 heavy (non-hydrogen) atoms. The van der Waals surface area contributed by atoms with Crippen LogP contribution in [0.15, 0.2) is 18.2 Å². The van der Waals surface area contributed by atoms with E-state index in [4.69, 9.17) is 5.73 Å². The third-order valence-electron chi connectivity index (χ3n) is 1.47. The average Bonchev–Trinajstić information content (AvgIpc) is 1.94. The molecule has 3 heteroatoms. The summed E-state index contributed by atoms with van der Waals surface area (Å²) in [5.74, 6) is -0.267. The van der Waals surface area contributed by atoms with Crippen molar-refractivity contribution in [1.82, 2.24) is 0 Å². The van der Waals surface area contributed by atoms with Crippen LogP contribution in [0.3, 0.4) is 0 Å². The summed E-state index contributed by atoms with van der Waals surface area (Å²) < 4.78 is 13.1. The van der Waals surface area contributed by atoms with Gasteiger partial charge in [0, 0.05) is 0 Å². The molecule has 0 aromatic heterocycles. The van der Waals surface area contributed by atoms with E-state index in [0.29, 0.717) is 11.2 Å². The van der Waals surface area contributed by atoms with Crippen LogP contribution in [-0.2, 0) is 0 Å². The van der Waals surface area contributed by atoms with Crippen molar-refractivity contribution in [3.05, 3.63) is 24.0 Å². The van der Waals surface area contributed by atoms with Gasteiger partial charge < -0.3 is 0 Å². The zero-order valence-electron chi connectivity index (χ0n) is 7.26. The van der Waals surface area contributed by atoms with Crippen molar-refractivity contribution in [3.8, 4) is 0 Å². The molecule has 1 aromatic rings. The molecule has 1 aromatic carbocycles. The van der Waals surface area contributed by atoms with Gasteiger partial charge >= 0.3 is 71.5 Å². The van der Waals surface area contributed by atoms with Gasteiger partial charge in [0.05, 0.1) is 0 Å². The van der Waals surface area contributed by atoms with Crippen molar-refractivity contribution in [2.45, 2.75) is 13.8 Å². The zero-order valence-corrected chi connectivity index (χ0v) is 7.26. The van der Waals surface area contributed by atoms with Gasteiger partial charge in [-0.1, -0.05) is 0 Å². The first-order chi connectivity index (χ1) is 5.59. The van der Waals surface area contributed by atoms with Crippen LogP contribution in [0.1, 0.15) is 13.8 Å². The van der Waals surface area contributed by atoms with Gasteiger partial charge in [-0.25, -0.2) is 0 Å². The molecular formula is C9H11BFN. The molecule has 0 unspecified atom stereocenters. The predicted octanol–water partition coefficient (Wildman–Crippen LogP) is 0.950. The van der Waals surface area contributed by atoms with Crippen molar-refractivity contribution in [3.63, 3.8) is 0 Å². The fourth-order valence-corrected chi connectivity index (χ4v) is 0.971. The van der Waals surface area contributed by atoms with E-state index >= 15 is 0 Å². The fourth-order valence-electron chi connectivity index (χ4n) is 0.971. The zero-order chi connectivity index (χ0) is 9.14. The van der Waals surface area contributed by atoms with E-state index in [9.17, 15) is 4.39 Å². The summed E-state index contributed by atoms with van der Waals surface area (Å²) in [5, 5.41) is 0. The Morgan fingerprint density at radius 3 is 2.58 bits per heavy atom. The second-order valence-electron chi connectivity index (χ2n) is 3.00. The van der Waals surface area contributed by atoms with Crippen LogP contribution < -0.4 is 11.2 Å². The van der Waals surface area contributed by atoms with Crippen LogP contribution >= 0.6 is 0 Å². The molecule has 0 aliphatic carbocycles. The van der Waals surface area contributed by atoms with Gasteiger partial charge in [0.15, 0.2) is 0 Å². The van der Waals surface area contributed by atoms with Crippen LogP contribution in [0.4, 0.5) is 10.1 Å². The monoisotopic (exact) mass is 163 g/mol. The Balaban J connectivity index is 3.10. The Morgan fingerprint density at radius 1 is 1.42 bits per heavy atom. The standard InChI is InChI=1S/C9H11BFN/c1-6(2)10-8-4-3-7(12)5-9(8)11/h3-5H,12H2,1-2H3. The summed E-state index contributed by atoms with van der Waals surface area (Å²) in [6, 6.07) is 4.70. The number of rotatable bonds is 1. The normalized spacial score (nSPS) is 9.25. The molecule has 0 heterocycles. The van der Waals surface area contributed by atoms with Crippen molar-refractivity contribution in [2.24, 2.45) is 0 Å². The molecule has 0 aliphatic rings. The molecule has 2 N–H and O–H groups in total. The van der Waals surface area contributed by atoms with Gasteiger partial charge in [-0.3, -0.25) is 0 Å². The molecule has 62 valence electrons. The topological polar surface area (TPSA) is 26.0 Å². The molecular weight excluding hydrogens is 152 g/mol. The van der Waals surface area contributed by atoms with Crippen LogP contribution in [0.2, 0.25) is 0 Å². The molecule has 0 amide bonds. The van der Waals surface area contributed by atoms with Crippen LogP contribution in [-0.4, -0.2) is 12.4 Å². The van der Waals surface area contributed by atoms with Crippen LogP contribution in [0.5, 0.6) is 0 Å². The van der Waals surface area contributed by atoms with Crippen LogP contribution in [0.25, 0.3) is 0 Å². The number of halogens is 1. The summed E-state index contributed by atoms with van der Waals surface area (Å²) in [5.41, 5.74) is 7.51. The quantitative estimate of drug-likeness (QED) is 0.484. The Hall–Kier alpha value is -1.12. The van der Waals surface area contributed by atoms with Crippen molar-refractivity contribution in [1.29, 1.82) is 0 Å². The summed E-state index contributed by atoms with van der Waals surface area (Å²) in [4.78, 5) is 0. The third kappa shape index (κ3) is 2.19. The first-order valence-corrected chi connectivity index (χ1v) is 3.79. The van der Waals surface area contributed by atoms with E-state index in [-0.39, 0.29) is 5.82 Å². The number of benzene rings is 1. The van der Waals surface area contributed by atoms with Crippen molar-refractivity contribution in [2.75, 3.05) is 5.73 Å². The molecule has 0 fully saturated rings. The minimum atomic E-state index is -0.267. The Kier molecular flexibility index (Phi) is 2.63. The molecule has 1 nitrogen and oxygen atoms in total. The van der Waals surface area contributed by atoms with Gasteiger partial charge in [0.25, 0.3) is 0 Å². The van der Waals surface area contributed by atoms with Crippen molar-refractivity contribution < 1.29 is 4.39 Å². The number of nitrogen functional groups attached to an aromatic ring is 1. The molecule has 1 rings (SSSR count). The second kappa shape index (κ2) is 3.52.